The first-order valence-electron chi connectivity index (χ1n) is 9.94. The maximum Gasteiger partial charge on any atom is 0.274 e. The Morgan fingerprint density at radius 2 is 1.52 bits per heavy atom. The summed E-state index contributed by atoms with van der Waals surface area (Å²) in [5, 5.41) is 2.88. The molecule has 0 radical (unpaired) electrons. The van der Waals surface area contributed by atoms with Gasteiger partial charge < -0.3 is 10.2 Å². The molecular weight excluding hydrogens is 362 g/mol. The highest BCUT2D eigenvalue weighted by Gasteiger charge is 2.21. The molecule has 0 spiro atoms. The second kappa shape index (κ2) is 8.69. The summed E-state index contributed by atoms with van der Waals surface area (Å²) in [4.78, 5) is 32.1. The van der Waals surface area contributed by atoms with Gasteiger partial charge in [0.2, 0.25) is 0 Å². The first kappa shape index (κ1) is 18.9. The fourth-order valence-electron chi connectivity index (χ4n) is 3.56. The predicted octanol–water partition coefficient (Wildman–Crippen LogP) is 4.63. The molecule has 146 valence electrons. The van der Waals surface area contributed by atoms with Crippen molar-refractivity contribution in [2.75, 3.05) is 18.4 Å². The molecule has 1 saturated heterocycles. The van der Waals surface area contributed by atoms with Crippen molar-refractivity contribution in [3.05, 3.63) is 84.1 Å². The van der Waals surface area contributed by atoms with Crippen LogP contribution in [0.3, 0.4) is 0 Å². The highest BCUT2D eigenvalue weighted by molar-refractivity contribution is 6.08. The Morgan fingerprint density at radius 1 is 0.793 bits per heavy atom. The molecule has 5 nitrogen and oxygen atoms in total. The minimum atomic E-state index is -0.332. The topological polar surface area (TPSA) is 62.3 Å². The SMILES string of the molecule is O=C(Nc1ccccc1C(=O)N1CCCCC1)c1cccc(-c2ccccc2)n1. The summed E-state index contributed by atoms with van der Waals surface area (Å²) in [5.74, 6) is -0.367. The van der Waals surface area contributed by atoms with E-state index in [1.54, 1.807) is 18.2 Å². The van der Waals surface area contributed by atoms with Gasteiger partial charge in [-0.15, -0.1) is 0 Å². The first-order valence-corrected chi connectivity index (χ1v) is 9.94. The van der Waals surface area contributed by atoms with Crippen LogP contribution in [0.25, 0.3) is 11.3 Å². The van der Waals surface area contributed by atoms with Gasteiger partial charge >= 0.3 is 0 Å². The van der Waals surface area contributed by atoms with Crippen molar-refractivity contribution in [1.29, 1.82) is 0 Å². The molecule has 3 aromatic rings. The summed E-state index contributed by atoms with van der Waals surface area (Å²) in [6, 6.07) is 22.3. The number of carbonyl (C=O) groups excluding carboxylic acids is 2. The van der Waals surface area contributed by atoms with Crippen molar-refractivity contribution in [2.24, 2.45) is 0 Å². The molecule has 1 aromatic heterocycles. The number of pyridine rings is 1. The normalized spacial score (nSPS) is 13.7. The van der Waals surface area contributed by atoms with Crippen LogP contribution in [0.4, 0.5) is 5.69 Å². The highest BCUT2D eigenvalue weighted by Crippen LogP contribution is 2.21. The van der Waals surface area contributed by atoms with E-state index in [2.05, 4.69) is 10.3 Å². The van der Waals surface area contributed by atoms with E-state index in [-0.39, 0.29) is 11.8 Å². The number of amides is 2. The quantitative estimate of drug-likeness (QED) is 0.712. The standard InChI is InChI=1S/C24H23N3O2/c28-23(22-15-9-14-20(25-22)18-10-3-1-4-11-18)26-21-13-6-5-12-19(21)24(29)27-16-7-2-8-17-27/h1,3-6,9-15H,2,7-8,16-17H2,(H,26,28). The molecule has 2 amide bonds. The molecule has 0 unspecified atom stereocenters. The molecule has 0 saturated carbocycles. The van der Waals surface area contributed by atoms with E-state index in [1.807, 2.05) is 59.5 Å². The summed E-state index contributed by atoms with van der Waals surface area (Å²) in [7, 11) is 0. The Bertz CT molecular complexity index is 1010. The van der Waals surface area contributed by atoms with Gasteiger partial charge in [0.05, 0.1) is 16.9 Å². The van der Waals surface area contributed by atoms with E-state index in [0.717, 1.165) is 43.6 Å². The average Bonchev–Trinajstić information content (AvgIpc) is 2.80. The van der Waals surface area contributed by atoms with Crippen LogP contribution in [0.1, 0.15) is 40.1 Å². The van der Waals surface area contributed by atoms with Gasteiger partial charge in [-0.25, -0.2) is 4.98 Å². The van der Waals surface area contributed by atoms with Gasteiger partial charge in [0.1, 0.15) is 5.69 Å². The van der Waals surface area contributed by atoms with Gasteiger partial charge in [0, 0.05) is 18.7 Å². The number of rotatable bonds is 4. The minimum Gasteiger partial charge on any atom is -0.339 e. The third-order valence-electron chi connectivity index (χ3n) is 5.10. The maximum atomic E-state index is 12.9. The molecule has 4 rings (SSSR count). The average molecular weight is 385 g/mol. The van der Waals surface area contributed by atoms with Crippen LogP contribution in [0.5, 0.6) is 0 Å². The number of carbonyl (C=O) groups is 2. The smallest absolute Gasteiger partial charge is 0.274 e. The third kappa shape index (κ3) is 4.35. The highest BCUT2D eigenvalue weighted by atomic mass is 16.2. The van der Waals surface area contributed by atoms with Crippen LogP contribution in [-0.2, 0) is 0 Å². The molecule has 0 atom stereocenters. The van der Waals surface area contributed by atoms with E-state index < -0.39 is 0 Å². The van der Waals surface area contributed by atoms with Crippen LogP contribution in [0.15, 0.2) is 72.8 Å². The molecule has 1 N–H and O–H groups in total. The lowest BCUT2D eigenvalue weighted by Gasteiger charge is -2.27. The van der Waals surface area contributed by atoms with Crippen LogP contribution >= 0.6 is 0 Å². The summed E-state index contributed by atoms with van der Waals surface area (Å²) in [6.45, 7) is 1.53. The van der Waals surface area contributed by atoms with Crippen LogP contribution in [-0.4, -0.2) is 34.8 Å². The Hall–Kier alpha value is -3.47. The van der Waals surface area contributed by atoms with Crippen molar-refractivity contribution in [3.63, 3.8) is 0 Å². The van der Waals surface area contributed by atoms with E-state index in [4.69, 9.17) is 0 Å². The van der Waals surface area contributed by atoms with Crippen LogP contribution < -0.4 is 5.32 Å². The summed E-state index contributed by atoms with van der Waals surface area (Å²) in [5.41, 5.74) is 3.02. The Balaban J connectivity index is 1.56. The third-order valence-corrected chi connectivity index (χ3v) is 5.10. The Morgan fingerprint density at radius 3 is 2.31 bits per heavy atom. The molecule has 1 aliphatic heterocycles. The van der Waals surface area contributed by atoms with Gasteiger partial charge in [0.25, 0.3) is 11.8 Å². The van der Waals surface area contributed by atoms with Crippen molar-refractivity contribution in [3.8, 4) is 11.3 Å². The second-order valence-corrected chi connectivity index (χ2v) is 7.13. The number of piperidine rings is 1. The van der Waals surface area contributed by atoms with Crippen LogP contribution in [0, 0.1) is 0 Å². The largest absolute Gasteiger partial charge is 0.339 e. The zero-order valence-electron chi connectivity index (χ0n) is 16.2. The van der Waals surface area contributed by atoms with Crippen molar-refractivity contribution in [2.45, 2.75) is 19.3 Å². The predicted molar refractivity (Wildman–Crippen MR) is 114 cm³/mol. The maximum absolute atomic E-state index is 12.9. The number of hydrogen-bond acceptors (Lipinski definition) is 3. The monoisotopic (exact) mass is 385 g/mol. The molecule has 0 bridgehead atoms. The van der Waals surface area contributed by atoms with Crippen molar-refractivity contribution in [1.82, 2.24) is 9.88 Å². The first-order chi connectivity index (χ1) is 14.2. The van der Waals surface area contributed by atoms with Gasteiger partial charge in [-0.2, -0.15) is 0 Å². The zero-order chi connectivity index (χ0) is 20.1. The van der Waals surface area contributed by atoms with E-state index in [0.29, 0.717) is 16.9 Å². The fourth-order valence-corrected chi connectivity index (χ4v) is 3.56. The molecular formula is C24H23N3O2. The lowest BCUT2D eigenvalue weighted by Crippen LogP contribution is -2.36. The molecule has 29 heavy (non-hydrogen) atoms. The lowest BCUT2D eigenvalue weighted by atomic mass is 10.1. The number of para-hydroxylation sites is 1. The van der Waals surface area contributed by atoms with Gasteiger partial charge in [-0.3, -0.25) is 9.59 Å². The second-order valence-electron chi connectivity index (χ2n) is 7.13. The van der Waals surface area contributed by atoms with Crippen molar-refractivity contribution >= 4 is 17.5 Å². The number of nitrogens with one attached hydrogen (secondary N) is 1. The molecule has 1 aliphatic rings. The molecule has 2 aromatic carbocycles. The molecule has 1 fully saturated rings. The van der Waals surface area contributed by atoms with E-state index in [1.165, 1.54) is 0 Å². The summed E-state index contributed by atoms with van der Waals surface area (Å²) >= 11 is 0. The number of aromatic nitrogens is 1. The van der Waals surface area contributed by atoms with E-state index in [9.17, 15) is 9.59 Å². The van der Waals surface area contributed by atoms with Crippen LogP contribution in [0.2, 0.25) is 0 Å². The van der Waals surface area contributed by atoms with Gasteiger partial charge in [-0.1, -0.05) is 48.5 Å². The number of hydrogen-bond donors (Lipinski definition) is 1. The summed E-state index contributed by atoms with van der Waals surface area (Å²) in [6.07, 6.45) is 3.21. The van der Waals surface area contributed by atoms with E-state index >= 15 is 0 Å². The Kier molecular flexibility index (Phi) is 5.66. The number of anilines is 1. The number of likely N-dealkylation sites (tertiary alicyclic amines) is 1. The number of nitrogens with zero attached hydrogens (tertiary/aromatic N) is 2. The number of benzene rings is 2. The molecule has 0 aliphatic carbocycles. The Labute approximate surface area is 170 Å². The molecule has 2 heterocycles. The zero-order valence-corrected chi connectivity index (χ0v) is 16.2. The fraction of sp³-hybridized carbons (Fsp3) is 0.208. The van der Waals surface area contributed by atoms with Gasteiger partial charge in [0.15, 0.2) is 0 Å². The molecule has 5 heteroatoms. The lowest BCUT2D eigenvalue weighted by molar-refractivity contribution is 0.0725. The minimum absolute atomic E-state index is 0.0356. The summed E-state index contributed by atoms with van der Waals surface area (Å²) < 4.78 is 0. The van der Waals surface area contributed by atoms with Gasteiger partial charge in [-0.05, 0) is 43.5 Å². The van der Waals surface area contributed by atoms with Crippen molar-refractivity contribution < 1.29 is 9.59 Å².